The largest absolute Gasteiger partial charge is 0.486 e. The number of aryl methyl sites for hydroxylation is 1. The van der Waals surface area contributed by atoms with Gasteiger partial charge in [-0.2, -0.15) is 0 Å². The summed E-state index contributed by atoms with van der Waals surface area (Å²) < 4.78 is 39.5. The molecule has 0 aliphatic heterocycles. The van der Waals surface area contributed by atoms with Gasteiger partial charge in [-0.15, -0.1) is 22.7 Å². The molecule has 0 spiro atoms. The highest BCUT2D eigenvalue weighted by atomic mass is 79.9. The highest BCUT2D eigenvalue weighted by molar-refractivity contribution is 9.10. The van der Waals surface area contributed by atoms with Gasteiger partial charge in [-0.05, 0) is 61.5 Å². The second-order valence-corrected chi connectivity index (χ2v) is 11.3. The first-order chi connectivity index (χ1) is 18.2. The third-order valence-corrected chi connectivity index (χ3v) is 8.11. The van der Waals surface area contributed by atoms with Gasteiger partial charge in [-0.25, -0.2) is 13.8 Å². The van der Waals surface area contributed by atoms with E-state index in [-0.39, 0.29) is 27.8 Å². The number of amides is 2. The average Bonchev–Trinajstić information content (AvgIpc) is 3.62. The van der Waals surface area contributed by atoms with Gasteiger partial charge in [0.05, 0.1) is 5.69 Å². The molecule has 0 aliphatic carbocycles. The van der Waals surface area contributed by atoms with Crippen molar-refractivity contribution in [3.8, 4) is 16.2 Å². The number of nitrogens with two attached hydrogens (primary N) is 1. The Labute approximate surface area is 231 Å². The molecule has 0 unspecified atom stereocenters. The van der Waals surface area contributed by atoms with Crippen LogP contribution >= 0.6 is 38.6 Å². The highest BCUT2D eigenvalue weighted by Gasteiger charge is 2.26. The minimum Gasteiger partial charge on any atom is -0.486 e. The molecule has 0 bridgehead atoms. The Morgan fingerprint density at radius 2 is 1.89 bits per heavy atom. The zero-order valence-corrected chi connectivity index (χ0v) is 22.8. The molecule has 0 atom stereocenters. The maximum absolute atomic E-state index is 13.6. The van der Waals surface area contributed by atoms with E-state index in [0.29, 0.717) is 27.3 Å². The minimum absolute atomic E-state index is 0.00727. The number of carbonyl (C=O) groups excluding carboxylic acids is 2. The van der Waals surface area contributed by atoms with Crippen LogP contribution in [0.15, 0.2) is 63.5 Å². The molecule has 194 valence electrons. The van der Waals surface area contributed by atoms with E-state index in [0.717, 1.165) is 20.7 Å². The molecule has 0 saturated carbocycles. The predicted molar refractivity (Wildman–Crippen MR) is 146 cm³/mol. The number of carbonyl (C=O) groups is 2. The number of furan rings is 1. The van der Waals surface area contributed by atoms with Gasteiger partial charge in [-0.1, -0.05) is 15.9 Å². The summed E-state index contributed by atoms with van der Waals surface area (Å²) in [6, 6.07) is 15.2. The molecule has 2 amide bonds. The Morgan fingerprint density at radius 1 is 1.13 bits per heavy atom. The summed E-state index contributed by atoms with van der Waals surface area (Å²) in [5.74, 6) is -0.466. The van der Waals surface area contributed by atoms with Crippen LogP contribution in [0.25, 0.3) is 20.7 Å². The Morgan fingerprint density at radius 3 is 2.55 bits per heavy atom. The van der Waals surface area contributed by atoms with Crippen LogP contribution in [-0.4, -0.2) is 16.8 Å². The van der Waals surface area contributed by atoms with Crippen molar-refractivity contribution in [2.45, 2.75) is 20.0 Å². The van der Waals surface area contributed by atoms with Crippen LogP contribution in [0.4, 0.5) is 14.5 Å². The molecule has 0 radical (unpaired) electrons. The number of aromatic nitrogens is 1. The average molecular weight is 618 g/mol. The molecule has 12 heteroatoms. The van der Waals surface area contributed by atoms with E-state index in [4.69, 9.17) is 14.9 Å². The van der Waals surface area contributed by atoms with Crippen LogP contribution < -0.4 is 15.8 Å². The molecular weight excluding hydrogens is 600 g/mol. The van der Waals surface area contributed by atoms with E-state index >= 15 is 0 Å². The number of thiophene rings is 2. The molecule has 5 rings (SSSR count). The predicted octanol–water partition coefficient (Wildman–Crippen LogP) is 7.56. The summed E-state index contributed by atoms with van der Waals surface area (Å²) in [5, 5.41) is 3.05. The van der Waals surface area contributed by atoms with Crippen LogP contribution in [0.1, 0.15) is 43.0 Å². The number of pyridine rings is 1. The third kappa shape index (κ3) is 5.33. The van der Waals surface area contributed by atoms with E-state index < -0.39 is 23.9 Å². The van der Waals surface area contributed by atoms with E-state index in [1.165, 1.54) is 23.5 Å². The maximum Gasteiger partial charge on any atom is 0.291 e. The van der Waals surface area contributed by atoms with Gasteiger partial charge in [0.1, 0.15) is 33.5 Å². The van der Waals surface area contributed by atoms with Crippen molar-refractivity contribution in [3.05, 3.63) is 86.0 Å². The molecular formula is C26H18BrF2N3O4S2. The zero-order chi connectivity index (χ0) is 27.0. The van der Waals surface area contributed by atoms with E-state index in [1.54, 1.807) is 24.3 Å². The van der Waals surface area contributed by atoms with E-state index in [1.807, 2.05) is 25.1 Å². The highest BCUT2D eigenvalue weighted by Crippen LogP contribution is 2.44. The summed E-state index contributed by atoms with van der Waals surface area (Å²) in [6.45, 7) is 1.98. The van der Waals surface area contributed by atoms with Gasteiger partial charge >= 0.3 is 0 Å². The maximum atomic E-state index is 13.6. The smallest absolute Gasteiger partial charge is 0.291 e. The lowest BCUT2D eigenvalue weighted by Gasteiger charge is -2.09. The second kappa shape index (κ2) is 10.6. The zero-order valence-electron chi connectivity index (χ0n) is 19.6. The summed E-state index contributed by atoms with van der Waals surface area (Å²) in [4.78, 5) is 31.3. The van der Waals surface area contributed by atoms with Gasteiger partial charge in [0.25, 0.3) is 18.2 Å². The fourth-order valence-corrected chi connectivity index (χ4v) is 5.90. The minimum atomic E-state index is -2.82. The van der Waals surface area contributed by atoms with Crippen LogP contribution in [0.3, 0.4) is 0 Å². The standard InChI is InChI=1S/C26H18BrF2N3O4S2/c1-12-2-9-19(37-12)16-10-17(23(28)29)31-26-20(16)21(22(38-26)24(30)33)32-25(34)18-8-7-15(36-18)11-35-14-5-3-13(27)4-6-14/h2-10,23H,11H2,1H3,(H2,30,33)(H,32,34). The van der Waals surface area contributed by atoms with E-state index in [9.17, 15) is 18.4 Å². The second-order valence-electron chi connectivity index (χ2n) is 8.12. The van der Waals surface area contributed by atoms with Crippen molar-refractivity contribution in [1.29, 1.82) is 0 Å². The molecule has 3 N–H and O–H groups in total. The number of hydrogen-bond acceptors (Lipinski definition) is 7. The summed E-state index contributed by atoms with van der Waals surface area (Å²) in [6.07, 6.45) is -2.82. The lowest BCUT2D eigenvalue weighted by Crippen LogP contribution is -2.16. The number of nitrogens with one attached hydrogen (secondary N) is 1. The first kappa shape index (κ1) is 26.0. The number of alkyl halides is 2. The van der Waals surface area contributed by atoms with Crippen molar-refractivity contribution in [3.63, 3.8) is 0 Å². The fourth-order valence-electron chi connectivity index (χ4n) is 3.73. The molecule has 38 heavy (non-hydrogen) atoms. The van der Waals surface area contributed by atoms with Crippen molar-refractivity contribution < 1.29 is 27.5 Å². The Kier molecular flexibility index (Phi) is 7.28. The van der Waals surface area contributed by atoms with Gasteiger partial charge in [-0.3, -0.25) is 9.59 Å². The number of ether oxygens (including phenoxy) is 1. The topological polar surface area (TPSA) is 107 Å². The van der Waals surface area contributed by atoms with Crippen LogP contribution in [0, 0.1) is 6.92 Å². The molecule has 0 aliphatic rings. The Bertz CT molecular complexity index is 1660. The Hall–Kier alpha value is -3.61. The normalized spacial score (nSPS) is 11.3. The molecule has 0 saturated heterocycles. The van der Waals surface area contributed by atoms with Crippen LogP contribution in [0.5, 0.6) is 5.75 Å². The first-order valence-electron chi connectivity index (χ1n) is 11.1. The quantitative estimate of drug-likeness (QED) is 0.187. The van der Waals surface area contributed by atoms with Crippen molar-refractivity contribution >= 4 is 66.3 Å². The number of fused-ring (bicyclic) bond motifs is 1. The molecule has 5 aromatic rings. The molecule has 1 aromatic carbocycles. The Balaban J connectivity index is 1.48. The lowest BCUT2D eigenvalue weighted by molar-refractivity contribution is 0.0992. The van der Waals surface area contributed by atoms with Crippen molar-refractivity contribution in [1.82, 2.24) is 4.98 Å². The van der Waals surface area contributed by atoms with Crippen LogP contribution in [0.2, 0.25) is 0 Å². The number of halogens is 3. The van der Waals surface area contributed by atoms with Gasteiger partial charge in [0.15, 0.2) is 5.76 Å². The van der Waals surface area contributed by atoms with Crippen molar-refractivity contribution in [2.75, 3.05) is 5.32 Å². The number of hydrogen-bond donors (Lipinski definition) is 2. The number of benzene rings is 1. The summed E-state index contributed by atoms with van der Waals surface area (Å²) in [7, 11) is 0. The van der Waals surface area contributed by atoms with Gasteiger partial charge in [0.2, 0.25) is 0 Å². The van der Waals surface area contributed by atoms with Crippen LogP contribution in [-0.2, 0) is 6.61 Å². The number of rotatable bonds is 8. The number of anilines is 1. The van der Waals surface area contributed by atoms with Gasteiger partial charge in [0, 0.05) is 25.2 Å². The molecule has 4 aromatic heterocycles. The monoisotopic (exact) mass is 617 g/mol. The number of nitrogens with zero attached hydrogens (tertiary/aromatic N) is 1. The fraction of sp³-hybridized carbons (Fsp3) is 0.115. The third-order valence-electron chi connectivity index (χ3n) is 5.45. The SMILES string of the molecule is Cc1ccc(-c2cc(C(F)F)nc3sc(C(N)=O)c(NC(=O)c4ccc(COc5ccc(Br)cc5)o4)c23)s1. The molecule has 0 fully saturated rings. The summed E-state index contributed by atoms with van der Waals surface area (Å²) in [5.41, 5.74) is 5.68. The summed E-state index contributed by atoms with van der Waals surface area (Å²) >= 11 is 5.60. The lowest BCUT2D eigenvalue weighted by atomic mass is 10.1. The van der Waals surface area contributed by atoms with E-state index in [2.05, 4.69) is 26.2 Å². The molecule has 7 nitrogen and oxygen atoms in total. The van der Waals surface area contributed by atoms with Gasteiger partial charge < -0.3 is 20.2 Å². The first-order valence-corrected chi connectivity index (χ1v) is 13.5. The number of primary amides is 1. The molecule has 4 heterocycles. The van der Waals surface area contributed by atoms with Crippen molar-refractivity contribution in [2.24, 2.45) is 5.73 Å².